The van der Waals surface area contributed by atoms with Crippen LogP contribution in [0.25, 0.3) is 0 Å². The van der Waals surface area contributed by atoms with E-state index in [-0.39, 0.29) is 0 Å². The Morgan fingerprint density at radius 3 is 3.09 bits per heavy atom. The summed E-state index contributed by atoms with van der Waals surface area (Å²) in [4.78, 5) is 14.1. The maximum atomic E-state index is 10.3. The van der Waals surface area contributed by atoms with E-state index in [1.807, 2.05) is 0 Å². The van der Waals surface area contributed by atoms with Crippen molar-refractivity contribution in [3.63, 3.8) is 0 Å². The number of aromatic nitrogens is 1. The normalized spacial score (nSPS) is 9.55. The molecule has 0 saturated heterocycles. The second-order valence-electron chi connectivity index (χ2n) is 2.07. The number of hydrogen-bond acceptors (Lipinski definition) is 3. The zero-order valence-corrected chi connectivity index (χ0v) is 6.13. The van der Waals surface area contributed by atoms with Crippen molar-refractivity contribution in [1.29, 1.82) is 0 Å². The first-order valence-corrected chi connectivity index (χ1v) is 3.12. The molecule has 0 spiro atoms. The van der Waals surface area contributed by atoms with Crippen LogP contribution in [0, 0.1) is 6.92 Å². The van der Waals surface area contributed by atoms with E-state index < -0.39 is 6.03 Å². The number of carbonyl (C=O) groups is 1. The summed E-state index contributed by atoms with van der Waals surface area (Å²) in [5, 5.41) is 2.41. The number of carbonyl (C=O) groups excluding carboxylic acids is 1. The monoisotopic (exact) mass is 155 g/mol. The zero-order valence-electron chi connectivity index (χ0n) is 6.13. The SMILES string of the molecule is Cc1ocnc1CNC(N)=O. The van der Waals surface area contributed by atoms with Gasteiger partial charge >= 0.3 is 6.03 Å². The van der Waals surface area contributed by atoms with Gasteiger partial charge in [-0.25, -0.2) is 9.78 Å². The fourth-order valence-electron chi connectivity index (χ4n) is 0.669. The molecule has 0 atom stereocenters. The van der Waals surface area contributed by atoms with Crippen LogP contribution in [0.3, 0.4) is 0 Å². The van der Waals surface area contributed by atoms with Crippen molar-refractivity contribution in [1.82, 2.24) is 10.3 Å². The van der Waals surface area contributed by atoms with Gasteiger partial charge in [0, 0.05) is 0 Å². The van der Waals surface area contributed by atoms with Crippen LogP contribution in [0.2, 0.25) is 0 Å². The van der Waals surface area contributed by atoms with E-state index in [2.05, 4.69) is 10.3 Å². The molecule has 0 aliphatic carbocycles. The number of primary amides is 1. The predicted octanol–water partition coefficient (Wildman–Crippen LogP) is 0.151. The molecule has 5 heteroatoms. The van der Waals surface area contributed by atoms with Crippen LogP contribution in [0.4, 0.5) is 4.79 Å². The summed E-state index contributed by atoms with van der Waals surface area (Å²) in [6.45, 7) is 2.09. The lowest BCUT2D eigenvalue weighted by molar-refractivity contribution is 0.248. The van der Waals surface area contributed by atoms with E-state index in [0.717, 1.165) is 0 Å². The molecule has 0 aromatic carbocycles. The number of nitrogens with zero attached hydrogens (tertiary/aromatic N) is 1. The maximum Gasteiger partial charge on any atom is 0.312 e. The summed E-state index contributed by atoms with van der Waals surface area (Å²) >= 11 is 0. The summed E-state index contributed by atoms with van der Waals surface area (Å²) in [5.74, 6) is 0.693. The molecule has 60 valence electrons. The molecule has 0 fully saturated rings. The second-order valence-corrected chi connectivity index (χ2v) is 2.07. The van der Waals surface area contributed by atoms with E-state index in [1.165, 1.54) is 6.39 Å². The number of nitrogens with one attached hydrogen (secondary N) is 1. The molecular formula is C6H9N3O2. The van der Waals surface area contributed by atoms with Gasteiger partial charge in [-0.05, 0) is 6.92 Å². The van der Waals surface area contributed by atoms with Gasteiger partial charge in [-0.3, -0.25) is 0 Å². The molecule has 11 heavy (non-hydrogen) atoms. The van der Waals surface area contributed by atoms with Crippen molar-refractivity contribution < 1.29 is 9.21 Å². The molecule has 0 aliphatic heterocycles. The first-order valence-electron chi connectivity index (χ1n) is 3.12. The standard InChI is InChI=1S/C6H9N3O2/c1-4-5(9-3-11-4)2-8-6(7)10/h3H,2H2,1H3,(H3,7,8,10). The molecule has 3 N–H and O–H groups in total. The minimum atomic E-state index is -0.563. The van der Waals surface area contributed by atoms with Crippen molar-refractivity contribution in [3.05, 3.63) is 17.8 Å². The predicted molar refractivity (Wildman–Crippen MR) is 37.7 cm³/mol. The molecule has 0 unspecified atom stereocenters. The highest BCUT2D eigenvalue weighted by Crippen LogP contribution is 2.02. The fourth-order valence-corrected chi connectivity index (χ4v) is 0.669. The van der Waals surface area contributed by atoms with E-state index in [9.17, 15) is 4.79 Å². The molecule has 1 aromatic rings. The van der Waals surface area contributed by atoms with Gasteiger partial charge in [0.25, 0.3) is 0 Å². The lowest BCUT2D eigenvalue weighted by Gasteiger charge is -1.96. The number of nitrogens with two attached hydrogens (primary N) is 1. The second kappa shape index (κ2) is 3.05. The minimum absolute atomic E-state index is 0.317. The Hall–Kier alpha value is -1.52. The number of aryl methyl sites for hydroxylation is 1. The molecule has 0 radical (unpaired) electrons. The fraction of sp³-hybridized carbons (Fsp3) is 0.333. The summed E-state index contributed by atoms with van der Waals surface area (Å²) in [6.07, 6.45) is 1.33. The summed E-state index contributed by atoms with van der Waals surface area (Å²) in [6, 6.07) is -0.563. The highest BCUT2D eigenvalue weighted by atomic mass is 16.3. The third-order valence-electron chi connectivity index (χ3n) is 1.27. The van der Waals surface area contributed by atoms with E-state index in [4.69, 9.17) is 10.2 Å². The zero-order chi connectivity index (χ0) is 8.27. The molecule has 1 aromatic heterocycles. The molecule has 0 aliphatic rings. The number of urea groups is 1. The van der Waals surface area contributed by atoms with Crippen LogP contribution in [0.1, 0.15) is 11.5 Å². The van der Waals surface area contributed by atoms with Crippen molar-refractivity contribution in [2.75, 3.05) is 0 Å². The van der Waals surface area contributed by atoms with Crippen molar-refractivity contribution >= 4 is 6.03 Å². The molecule has 1 rings (SSSR count). The molecular weight excluding hydrogens is 146 g/mol. The molecule has 2 amide bonds. The van der Waals surface area contributed by atoms with E-state index in [0.29, 0.717) is 18.0 Å². The molecule has 0 saturated carbocycles. The Labute approximate surface area is 63.6 Å². The number of amides is 2. The first-order chi connectivity index (χ1) is 5.20. The van der Waals surface area contributed by atoms with Gasteiger partial charge in [0.2, 0.25) is 0 Å². The first kappa shape index (κ1) is 7.59. The highest BCUT2D eigenvalue weighted by Gasteiger charge is 2.02. The van der Waals surface area contributed by atoms with Gasteiger partial charge in [0.1, 0.15) is 11.5 Å². The molecule has 1 heterocycles. The average Bonchev–Trinajstić information content (AvgIpc) is 2.31. The topological polar surface area (TPSA) is 81.2 Å². The van der Waals surface area contributed by atoms with E-state index >= 15 is 0 Å². The van der Waals surface area contributed by atoms with Crippen LogP contribution in [-0.2, 0) is 6.54 Å². The Morgan fingerprint density at radius 2 is 2.64 bits per heavy atom. The van der Waals surface area contributed by atoms with Gasteiger partial charge in [-0.15, -0.1) is 0 Å². The Balaban J connectivity index is 2.51. The number of oxazole rings is 1. The lowest BCUT2D eigenvalue weighted by atomic mass is 10.4. The number of rotatable bonds is 2. The van der Waals surface area contributed by atoms with Gasteiger partial charge < -0.3 is 15.5 Å². The third kappa shape index (κ3) is 1.96. The Morgan fingerprint density at radius 1 is 1.91 bits per heavy atom. The Kier molecular flexibility index (Phi) is 2.10. The van der Waals surface area contributed by atoms with Crippen molar-refractivity contribution in [2.24, 2.45) is 5.73 Å². The lowest BCUT2D eigenvalue weighted by Crippen LogP contribution is -2.28. The van der Waals surface area contributed by atoms with E-state index in [1.54, 1.807) is 6.92 Å². The number of hydrogen-bond donors (Lipinski definition) is 2. The summed E-state index contributed by atoms with van der Waals surface area (Å²) in [7, 11) is 0. The largest absolute Gasteiger partial charge is 0.448 e. The summed E-state index contributed by atoms with van der Waals surface area (Å²) < 4.78 is 4.89. The minimum Gasteiger partial charge on any atom is -0.448 e. The molecule has 0 bridgehead atoms. The van der Waals surface area contributed by atoms with Crippen LogP contribution in [-0.4, -0.2) is 11.0 Å². The molecule has 5 nitrogen and oxygen atoms in total. The quantitative estimate of drug-likeness (QED) is 0.637. The Bertz CT molecular complexity index is 256. The average molecular weight is 155 g/mol. The van der Waals surface area contributed by atoms with Gasteiger partial charge in [-0.1, -0.05) is 0 Å². The third-order valence-corrected chi connectivity index (χ3v) is 1.27. The van der Waals surface area contributed by atoms with Crippen LogP contribution in [0.5, 0.6) is 0 Å². The van der Waals surface area contributed by atoms with Crippen molar-refractivity contribution in [3.8, 4) is 0 Å². The van der Waals surface area contributed by atoms with Gasteiger partial charge in [-0.2, -0.15) is 0 Å². The summed E-state index contributed by atoms with van der Waals surface area (Å²) in [5.41, 5.74) is 5.55. The smallest absolute Gasteiger partial charge is 0.312 e. The van der Waals surface area contributed by atoms with Gasteiger partial charge in [0.15, 0.2) is 6.39 Å². The van der Waals surface area contributed by atoms with Crippen LogP contribution in [0.15, 0.2) is 10.8 Å². The maximum absolute atomic E-state index is 10.3. The van der Waals surface area contributed by atoms with Gasteiger partial charge in [0.05, 0.1) is 6.54 Å². The van der Waals surface area contributed by atoms with Crippen LogP contribution >= 0.6 is 0 Å². The highest BCUT2D eigenvalue weighted by molar-refractivity contribution is 5.71. The van der Waals surface area contributed by atoms with Crippen molar-refractivity contribution in [2.45, 2.75) is 13.5 Å². The van der Waals surface area contributed by atoms with Crippen LogP contribution < -0.4 is 11.1 Å².